The molecule has 218 valence electrons. The van der Waals surface area contributed by atoms with E-state index in [9.17, 15) is 0 Å². The van der Waals surface area contributed by atoms with Gasteiger partial charge < -0.3 is 28.4 Å². The van der Waals surface area contributed by atoms with Crippen LogP contribution in [0.5, 0.6) is 11.5 Å². The number of rotatable bonds is 24. The monoisotopic (exact) mass is 672 g/mol. The molecule has 0 aliphatic carbocycles. The van der Waals surface area contributed by atoms with Crippen LogP contribution in [-0.4, -0.2) is 64.1 Å². The summed E-state index contributed by atoms with van der Waals surface area (Å²) in [4.78, 5) is 0. The van der Waals surface area contributed by atoms with Gasteiger partial charge in [-0.2, -0.15) is 0 Å². The number of thiophene rings is 1. The molecule has 9 heteroatoms. The first kappa shape index (κ1) is 35.1. The summed E-state index contributed by atoms with van der Waals surface area (Å²) in [6.45, 7) is 16.5. The van der Waals surface area contributed by atoms with Crippen LogP contribution in [0.1, 0.15) is 92.9 Å². The second-order valence-electron chi connectivity index (χ2n) is 9.17. The minimum Gasteiger partial charge on any atom is -0.485 e. The van der Waals surface area contributed by atoms with Crippen molar-refractivity contribution < 1.29 is 28.4 Å². The molecule has 1 rings (SSSR count). The molecule has 1 aromatic rings. The number of halogens is 2. The molecule has 6 nitrogen and oxygen atoms in total. The van der Waals surface area contributed by atoms with Crippen molar-refractivity contribution in [1.82, 2.24) is 0 Å². The molecule has 0 spiro atoms. The molecule has 0 saturated carbocycles. The number of hydrogen-bond donors (Lipinski definition) is 0. The average molecular weight is 675 g/mol. The first-order valence-electron chi connectivity index (χ1n) is 14.1. The molecule has 0 amide bonds. The molecule has 0 fully saturated rings. The van der Waals surface area contributed by atoms with Gasteiger partial charge in [-0.25, -0.2) is 0 Å². The van der Waals surface area contributed by atoms with E-state index in [1.165, 1.54) is 0 Å². The fourth-order valence-corrected chi connectivity index (χ4v) is 6.22. The highest BCUT2D eigenvalue weighted by atomic mass is 79.9. The Kier molecular flexibility index (Phi) is 20.8. The summed E-state index contributed by atoms with van der Waals surface area (Å²) in [5.41, 5.74) is 0. The molecular weight excluding hydrogens is 624 g/mol. The lowest BCUT2D eigenvalue weighted by molar-refractivity contribution is -0.0598. The molecule has 4 unspecified atom stereocenters. The van der Waals surface area contributed by atoms with Crippen molar-refractivity contribution in [3.05, 3.63) is 7.57 Å². The molecule has 0 saturated heterocycles. The van der Waals surface area contributed by atoms with Crippen molar-refractivity contribution in [2.45, 2.75) is 117 Å². The van der Waals surface area contributed by atoms with Gasteiger partial charge in [0.25, 0.3) is 0 Å². The maximum absolute atomic E-state index is 6.22. The lowest BCUT2D eigenvalue weighted by Crippen LogP contribution is -2.28. The Hall–Kier alpha value is 0.1000. The lowest BCUT2D eigenvalue weighted by atomic mass is 10.2. The second-order valence-corrected chi connectivity index (χ2v) is 12.8. The molecule has 4 atom stereocenters. The van der Waals surface area contributed by atoms with E-state index in [0.717, 1.165) is 72.2 Å². The maximum atomic E-state index is 6.22. The van der Waals surface area contributed by atoms with Gasteiger partial charge in [-0.05, 0) is 70.4 Å². The van der Waals surface area contributed by atoms with Crippen molar-refractivity contribution in [2.75, 3.05) is 39.6 Å². The topological polar surface area (TPSA) is 55.4 Å². The smallest absolute Gasteiger partial charge is 0.187 e. The van der Waals surface area contributed by atoms with E-state index in [4.69, 9.17) is 28.4 Å². The Morgan fingerprint density at radius 2 is 0.892 bits per heavy atom. The van der Waals surface area contributed by atoms with E-state index >= 15 is 0 Å². The first-order chi connectivity index (χ1) is 17.9. The Labute approximate surface area is 246 Å². The zero-order valence-electron chi connectivity index (χ0n) is 23.8. The van der Waals surface area contributed by atoms with E-state index in [1.807, 2.05) is 0 Å². The molecular formula is C28H50Br2O6S. The summed E-state index contributed by atoms with van der Waals surface area (Å²) < 4.78 is 38.4. The predicted molar refractivity (Wildman–Crippen MR) is 161 cm³/mol. The van der Waals surface area contributed by atoms with E-state index in [-0.39, 0.29) is 24.4 Å². The summed E-state index contributed by atoms with van der Waals surface area (Å²) >= 11 is 8.82. The Bertz CT molecular complexity index is 635. The van der Waals surface area contributed by atoms with Crippen LogP contribution in [-0.2, 0) is 18.9 Å². The molecule has 1 heterocycles. The normalized spacial score (nSPS) is 14.9. The molecule has 0 aliphatic rings. The van der Waals surface area contributed by atoms with E-state index in [1.54, 1.807) is 11.3 Å². The van der Waals surface area contributed by atoms with Gasteiger partial charge in [0.1, 0.15) is 20.8 Å². The Morgan fingerprint density at radius 1 is 0.541 bits per heavy atom. The van der Waals surface area contributed by atoms with Crippen molar-refractivity contribution in [3.63, 3.8) is 0 Å². The molecule has 0 bridgehead atoms. The van der Waals surface area contributed by atoms with Crippen LogP contribution in [0.25, 0.3) is 0 Å². The summed E-state index contributed by atoms with van der Waals surface area (Å²) in [5.74, 6) is 1.41. The fraction of sp³-hybridized carbons (Fsp3) is 0.857. The van der Waals surface area contributed by atoms with Gasteiger partial charge in [-0.1, -0.05) is 54.4 Å². The minimum atomic E-state index is -0.0207. The summed E-state index contributed by atoms with van der Waals surface area (Å²) in [7, 11) is 0. The number of unbranched alkanes of at least 4 members (excludes halogenated alkanes) is 2. The van der Waals surface area contributed by atoms with Gasteiger partial charge in [0.15, 0.2) is 11.5 Å². The molecule has 0 aromatic carbocycles. The van der Waals surface area contributed by atoms with Gasteiger partial charge in [-0.3, -0.25) is 0 Å². The van der Waals surface area contributed by atoms with Crippen LogP contribution < -0.4 is 9.47 Å². The van der Waals surface area contributed by atoms with Crippen LogP contribution in [0.15, 0.2) is 7.57 Å². The standard InChI is InChI=1S/C28H50Br2O6S/c1-7-13-15-31-21(9-3)17-33-23(11-5)19-35-25-26(28(30)37-27(25)29)36-20-24(12-6)34-18-22(10-4)32-16-14-8-2/h21-24H,7-20H2,1-6H3. The highest BCUT2D eigenvalue weighted by Crippen LogP contribution is 2.49. The van der Waals surface area contributed by atoms with E-state index < -0.39 is 0 Å². The summed E-state index contributed by atoms with van der Waals surface area (Å²) in [6.07, 6.45) is 8.22. The van der Waals surface area contributed by atoms with Crippen LogP contribution in [0, 0.1) is 0 Å². The van der Waals surface area contributed by atoms with E-state index in [0.29, 0.717) is 37.9 Å². The Balaban J connectivity index is 2.62. The third-order valence-electron chi connectivity index (χ3n) is 6.13. The van der Waals surface area contributed by atoms with Crippen molar-refractivity contribution >= 4 is 43.2 Å². The lowest BCUT2D eigenvalue weighted by Gasteiger charge is -2.23. The average Bonchev–Trinajstić information content (AvgIpc) is 3.18. The van der Waals surface area contributed by atoms with Gasteiger partial charge in [0, 0.05) is 13.2 Å². The largest absolute Gasteiger partial charge is 0.485 e. The quantitative estimate of drug-likeness (QED) is 0.102. The highest BCUT2D eigenvalue weighted by Gasteiger charge is 2.22. The highest BCUT2D eigenvalue weighted by molar-refractivity contribution is 9.12. The van der Waals surface area contributed by atoms with Crippen LogP contribution in [0.2, 0.25) is 0 Å². The number of hydrogen-bond acceptors (Lipinski definition) is 7. The molecule has 0 aliphatic heterocycles. The zero-order valence-corrected chi connectivity index (χ0v) is 27.8. The fourth-order valence-electron chi connectivity index (χ4n) is 3.36. The van der Waals surface area contributed by atoms with Gasteiger partial charge >= 0.3 is 0 Å². The van der Waals surface area contributed by atoms with Gasteiger partial charge in [-0.15, -0.1) is 11.3 Å². The van der Waals surface area contributed by atoms with Crippen LogP contribution in [0.3, 0.4) is 0 Å². The summed E-state index contributed by atoms with van der Waals surface area (Å²) in [5, 5.41) is 0. The van der Waals surface area contributed by atoms with Crippen molar-refractivity contribution in [2.24, 2.45) is 0 Å². The van der Waals surface area contributed by atoms with Crippen LogP contribution in [0.4, 0.5) is 0 Å². The predicted octanol–water partition coefficient (Wildman–Crippen LogP) is 8.81. The minimum absolute atomic E-state index is 0.0207. The second kappa shape index (κ2) is 21.9. The maximum Gasteiger partial charge on any atom is 0.187 e. The van der Waals surface area contributed by atoms with Crippen molar-refractivity contribution in [3.8, 4) is 11.5 Å². The molecule has 0 radical (unpaired) electrons. The van der Waals surface area contributed by atoms with E-state index in [2.05, 4.69) is 73.4 Å². The van der Waals surface area contributed by atoms with Crippen molar-refractivity contribution in [1.29, 1.82) is 0 Å². The molecule has 1 aromatic heterocycles. The molecule has 0 N–H and O–H groups in total. The number of ether oxygens (including phenoxy) is 6. The van der Waals surface area contributed by atoms with Crippen LogP contribution >= 0.6 is 43.2 Å². The molecule has 37 heavy (non-hydrogen) atoms. The third-order valence-corrected chi connectivity index (χ3v) is 8.55. The SMILES string of the molecule is CCCCOC(CC)COC(CC)COc1c(Br)sc(Br)c1OCC(CC)OCC(CC)OCCCC. The van der Waals surface area contributed by atoms with Gasteiger partial charge in [0.2, 0.25) is 0 Å². The third kappa shape index (κ3) is 14.3. The first-order valence-corrected chi connectivity index (χ1v) is 16.5. The Morgan fingerprint density at radius 3 is 1.22 bits per heavy atom. The van der Waals surface area contributed by atoms with Gasteiger partial charge in [0.05, 0.1) is 37.6 Å². The summed E-state index contributed by atoms with van der Waals surface area (Å²) in [6, 6.07) is 0. The zero-order chi connectivity index (χ0) is 27.5.